The predicted octanol–water partition coefficient (Wildman–Crippen LogP) is 2.73. The Labute approximate surface area is 82.8 Å². The average molecular weight is 235 g/mol. The van der Waals surface area contributed by atoms with Crippen molar-refractivity contribution in [1.82, 2.24) is 5.32 Å². The highest BCUT2D eigenvalue weighted by molar-refractivity contribution is 4.80. The quantitative estimate of drug-likeness (QED) is 0.739. The molecule has 1 fully saturated rings. The normalized spacial score (nSPS) is 18.6. The maximum absolute atomic E-state index is 12.0. The smallest absolute Gasteiger partial charge is 0.315 e. The molecule has 0 saturated heterocycles. The van der Waals surface area contributed by atoms with Crippen molar-refractivity contribution >= 4 is 0 Å². The van der Waals surface area contributed by atoms with Gasteiger partial charge in [-0.1, -0.05) is 0 Å². The molecule has 1 aliphatic carbocycles. The van der Waals surface area contributed by atoms with Crippen LogP contribution in [-0.4, -0.2) is 25.4 Å². The number of rotatable bonds is 4. The van der Waals surface area contributed by atoms with Gasteiger partial charge in [0.15, 0.2) is 5.92 Å². The van der Waals surface area contributed by atoms with Gasteiger partial charge in [0.25, 0.3) is 0 Å². The van der Waals surface area contributed by atoms with Crippen molar-refractivity contribution in [2.45, 2.75) is 25.2 Å². The highest BCUT2D eigenvalue weighted by Crippen LogP contribution is 2.38. The van der Waals surface area contributed by atoms with Gasteiger partial charge in [0, 0.05) is 6.54 Å². The van der Waals surface area contributed by atoms with Crippen LogP contribution >= 0.6 is 0 Å². The minimum Gasteiger partial charge on any atom is -0.315 e. The van der Waals surface area contributed by atoms with E-state index in [1.165, 1.54) is 0 Å². The van der Waals surface area contributed by atoms with E-state index >= 15 is 0 Å². The fourth-order valence-electron chi connectivity index (χ4n) is 1.17. The first-order chi connectivity index (χ1) is 6.71. The predicted molar refractivity (Wildman–Crippen MR) is 41.2 cm³/mol. The first-order valence-corrected chi connectivity index (χ1v) is 4.55. The second-order valence-electron chi connectivity index (χ2n) is 3.74. The summed E-state index contributed by atoms with van der Waals surface area (Å²) < 4.78 is 72.0. The lowest BCUT2D eigenvalue weighted by Gasteiger charge is -2.23. The van der Waals surface area contributed by atoms with Crippen LogP contribution in [0.5, 0.6) is 0 Å². The van der Waals surface area contributed by atoms with Crippen LogP contribution < -0.4 is 5.32 Å². The zero-order chi connectivity index (χ0) is 11.7. The number of alkyl halides is 6. The summed E-state index contributed by atoms with van der Waals surface area (Å²) in [4.78, 5) is 0. The van der Waals surface area contributed by atoms with Crippen molar-refractivity contribution in [3.05, 3.63) is 0 Å². The van der Waals surface area contributed by atoms with Crippen LogP contribution in [0.4, 0.5) is 26.3 Å². The highest BCUT2D eigenvalue weighted by atomic mass is 19.4. The van der Waals surface area contributed by atoms with Crippen LogP contribution in [-0.2, 0) is 0 Å². The lowest BCUT2D eigenvalue weighted by molar-refractivity contribution is -0.281. The molecule has 0 aromatic rings. The average Bonchev–Trinajstić information content (AvgIpc) is 2.75. The van der Waals surface area contributed by atoms with Crippen LogP contribution in [0, 0.1) is 11.8 Å². The molecule has 1 N–H and O–H groups in total. The number of hydrogen-bond acceptors (Lipinski definition) is 1. The van der Waals surface area contributed by atoms with E-state index in [4.69, 9.17) is 0 Å². The fourth-order valence-corrected chi connectivity index (χ4v) is 1.17. The molecular formula is C8H11F6N. The first-order valence-electron chi connectivity index (χ1n) is 4.55. The van der Waals surface area contributed by atoms with E-state index in [9.17, 15) is 26.3 Å². The lowest BCUT2D eigenvalue weighted by atomic mass is 10.1. The van der Waals surface area contributed by atoms with Gasteiger partial charge in [-0.2, -0.15) is 26.3 Å². The summed E-state index contributed by atoms with van der Waals surface area (Å²) in [6, 6.07) is 0. The van der Waals surface area contributed by atoms with Gasteiger partial charge in [-0.25, -0.2) is 0 Å². The Morgan fingerprint density at radius 1 is 1.00 bits per heavy atom. The van der Waals surface area contributed by atoms with Crippen LogP contribution in [0.25, 0.3) is 0 Å². The third-order valence-corrected chi connectivity index (χ3v) is 2.27. The van der Waals surface area contributed by atoms with Gasteiger partial charge in [0.1, 0.15) is 0 Å². The van der Waals surface area contributed by atoms with Crippen molar-refractivity contribution in [2.24, 2.45) is 11.8 Å². The van der Waals surface area contributed by atoms with Crippen molar-refractivity contribution in [1.29, 1.82) is 0 Å². The zero-order valence-corrected chi connectivity index (χ0v) is 7.75. The van der Waals surface area contributed by atoms with Gasteiger partial charge in [-0.05, 0) is 25.3 Å². The molecule has 0 aromatic carbocycles. The molecule has 0 aliphatic heterocycles. The maximum atomic E-state index is 12.0. The third-order valence-electron chi connectivity index (χ3n) is 2.27. The Bertz CT molecular complexity index is 190. The standard InChI is InChI=1S/C8H11F6N/c9-7(10,11)6(8(12,13)14)4-15-3-5-1-2-5/h5-6,15H,1-4H2. The number of hydrogen-bond donors (Lipinski definition) is 1. The summed E-state index contributed by atoms with van der Waals surface area (Å²) in [6.45, 7) is -0.841. The van der Waals surface area contributed by atoms with Gasteiger partial charge in [-0.15, -0.1) is 0 Å². The number of halogens is 6. The molecule has 0 spiro atoms. The summed E-state index contributed by atoms with van der Waals surface area (Å²) in [5.41, 5.74) is 0. The van der Waals surface area contributed by atoms with E-state index in [0.717, 1.165) is 12.8 Å². The van der Waals surface area contributed by atoms with E-state index in [2.05, 4.69) is 5.32 Å². The van der Waals surface area contributed by atoms with Crippen LogP contribution in [0.1, 0.15) is 12.8 Å². The molecule has 0 bridgehead atoms. The lowest BCUT2D eigenvalue weighted by Crippen LogP contribution is -2.43. The summed E-state index contributed by atoms with van der Waals surface area (Å²) in [5, 5.41) is 2.22. The molecule has 0 aromatic heterocycles. The van der Waals surface area contributed by atoms with E-state index in [1.807, 2.05) is 0 Å². The minimum absolute atomic E-state index is 0.239. The van der Waals surface area contributed by atoms with Crippen molar-refractivity contribution in [2.75, 3.05) is 13.1 Å². The molecule has 7 heteroatoms. The van der Waals surface area contributed by atoms with Crippen LogP contribution in [0.15, 0.2) is 0 Å². The molecule has 15 heavy (non-hydrogen) atoms. The minimum atomic E-state index is -5.23. The first kappa shape index (κ1) is 12.6. The van der Waals surface area contributed by atoms with Crippen molar-refractivity contribution in [3.63, 3.8) is 0 Å². The summed E-state index contributed by atoms with van der Waals surface area (Å²) in [7, 11) is 0. The molecule has 0 amide bonds. The Balaban J connectivity index is 2.41. The van der Waals surface area contributed by atoms with Crippen molar-refractivity contribution < 1.29 is 26.3 Å². The molecular weight excluding hydrogens is 224 g/mol. The third kappa shape index (κ3) is 4.27. The number of nitrogens with one attached hydrogen (secondary N) is 1. The Morgan fingerprint density at radius 2 is 1.47 bits per heavy atom. The molecule has 0 atom stereocenters. The van der Waals surface area contributed by atoms with Gasteiger partial charge in [-0.3, -0.25) is 0 Å². The zero-order valence-electron chi connectivity index (χ0n) is 7.75. The van der Waals surface area contributed by atoms with Gasteiger partial charge >= 0.3 is 12.4 Å². The molecule has 0 heterocycles. The van der Waals surface area contributed by atoms with E-state index in [-0.39, 0.29) is 12.5 Å². The molecule has 1 rings (SSSR count). The topological polar surface area (TPSA) is 12.0 Å². The Hall–Kier alpha value is -0.460. The molecule has 0 unspecified atom stereocenters. The largest absolute Gasteiger partial charge is 0.401 e. The van der Waals surface area contributed by atoms with E-state index in [1.54, 1.807) is 0 Å². The summed E-state index contributed by atoms with van der Waals surface area (Å²) >= 11 is 0. The maximum Gasteiger partial charge on any atom is 0.401 e. The Kier molecular flexibility index (Phi) is 3.52. The molecule has 0 radical (unpaired) electrons. The molecule has 90 valence electrons. The highest BCUT2D eigenvalue weighted by Gasteiger charge is 2.56. The monoisotopic (exact) mass is 235 g/mol. The SMILES string of the molecule is FC(F)(F)C(CNCC1CC1)C(F)(F)F. The molecule has 1 aliphatic rings. The second-order valence-corrected chi connectivity index (χ2v) is 3.74. The van der Waals surface area contributed by atoms with Gasteiger partial charge in [0.05, 0.1) is 0 Å². The van der Waals surface area contributed by atoms with E-state index < -0.39 is 24.8 Å². The summed E-state index contributed by atoms with van der Waals surface area (Å²) in [5.74, 6) is -3.00. The summed E-state index contributed by atoms with van der Waals surface area (Å²) in [6.07, 6.45) is -8.69. The Morgan fingerprint density at radius 3 is 1.80 bits per heavy atom. The van der Waals surface area contributed by atoms with E-state index in [0.29, 0.717) is 0 Å². The van der Waals surface area contributed by atoms with Crippen LogP contribution in [0.2, 0.25) is 0 Å². The van der Waals surface area contributed by atoms with Crippen molar-refractivity contribution in [3.8, 4) is 0 Å². The second kappa shape index (κ2) is 4.19. The molecule has 1 saturated carbocycles. The van der Waals surface area contributed by atoms with Crippen LogP contribution in [0.3, 0.4) is 0 Å². The molecule has 1 nitrogen and oxygen atoms in total. The fraction of sp³-hybridized carbons (Fsp3) is 1.00. The van der Waals surface area contributed by atoms with Gasteiger partial charge in [0.2, 0.25) is 0 Å². The van der Waals surface area contributed by atoms with Gasteiger partial charge < -0.3 is 5.32 Å².